The van der Waals surface area contributed by atoms with Crippen molar-refractivity contribution < 1.29 is 17.1 Å². The molecule has 2 heterocycles. The minimum atomic E-state index is 0. The first kappa shape index (κ1) is 24.2. The molecule has 0 amide bonds. The molecule has 0 aromatic heterocycles. The van der Waals surface area contributed by atoms with Crippen molar-refractivity contribution >= 4 is 47.0 Å². The van der Waals surface area contributed by atoms with Gasteiger partial charge in [0, 0.05) is 20.3 Å². The number of thioether (sulfide) groups is 4. The maximum atomic E-state index is 2.25. The van der Waals surface area contributed by atoms with Crippen LogP contribution in [0.2, 0.25) is 0 Å². The van der Waals surface area contributed by atoms with E-state index >= 15 is 0 Å². The summed E-state index contributed by atoms with van der Waals surface area (Å²) >= 11 is 7.50. The van der Waals surface area contributed by atoms with E-state index in [1.807, 2.05) is 47.0 Å². The van der Waals surface area contributed by atoms with Gasteiger partial charge in [-0.05, 0) is 98.7 Å². The third-order valence-electron chi connectivity index (χ3n) is 3.95. The molecule has 0 atom stereocenters. The van der Waals surface area contributed by atoms with Crippen LogP contribution in [0, 0.1) is 63.2 Å². The van der Waals surface area contributed by atoms with Crippen molar-refractivity contribution in [3.05, 3.63) is 103 Å². The first-order valence-corrected chi connectivity index (χ1v) is 11.7. The molecular weight excluding hydrogens is 448 g/mol. The zero-order valence-electron chi connectivity index (χ0n) is 15.8. The molecule has 0 saturated heterocycles. The van der Waals surface area contributed by atoms with Gasteiger partial charge in [0.25, 0.3) is 0 Å². The molecule has 2 fully saturated rings. The molecular formula is C22H22FeS4+2. The topological polar surface area (TPSA) is 0 Å². The molecule has 140 valence electrons. The second-order valence-electron chi connectivity index (χ2n) is 6.00. The standard InChI is InChI=1S/2C11H11S2.Fe/c2*1-8-9(2)13-11(12-8)7-10-5-3-4-6-10;/h2*3-7H,1-2H3;/q;;+2. The summed E-state index contributed by atoms with van der Waals surface area (Å²) in [6.07, 6.45) is 21.3. The smallest absolute Gasteiger partial charge is 0.0870 e. The Hall–Kier alpha value is 0.879. The summed E-state index contributed by atoms with van der Waals surface area (Å²) in [6.45, 7) is 8.72. The van der Waals surface area contributed by atoms with E-state index in [0.717, 1.165) is 0 Å². The minimum Gasteiger partial charge on any atom is -0.0870 e. The van der Waals surface area contributed by atoms with Crippen molar-refractivity contribution in [3.8, 4) is 0 Å². The third-order valence-corrected chi connectivity index (χ3v) is 8.94. The summed E-state index contributed by atoms with van der Waals surface area (Å²) in [5, 5.41) is 0. The van der Waals surface area contributed by atoms with E-state index < -0.39 is 0 Å². The Morgan fingerprint density at radius 1 is 0.519 bits per heavy atom. The maximum Gasteiger partial charge on any atom is 2.00 e. The van der Waals surface area contributed by atoms with Gasteiger partial charge >= 0.3 is 17.1 Å². The van der Waals surface area contributed by atoms with E-state index in [0.29, 0.717) is 0 Å². The number of hydrogen-bond acceptors (Lipinski definition) is 4. The van der Waals surface area contributed by atoms with Crippen molar-refractivity contribution in [1.29, 1.82) is 0 Å². The first-order valence-electron chi connectivity index (χ1n) is 8.44. The molecule has 0 bridgehead atoms. The Morgan fingerprint density at radius 3 is 1.04 bits per heavy atom. The van der Waals surface area contributed by atoms with Crippen LogP contribution < -0.4 is 0 Å². The van der Waals surface area contributed by atoms with Crippen LogP contribution in [0.15, 0.2) is 40.2 Å². The van der Waals surface area contributed by atoms with Crippen molar-refractivity contribution in [2.45, 2.75) is 27.7 Å². The summed E-state index contributed by atoms with van der Waals surface area (Å²) in [7, 11) is 0. The van der Waals surface area contributed by atoms with Crippen LogP contribution in [0.5, 0.6) is 0 Å². The zero-order chi connectivity index (χ0) is 18.5. The first-order chi connectivity index (χ1) is 12.5. The quantitative estimate of drug-likeness (QED) is 0.376. The van der Waals surface area contributed by atoms with Crippen LogP contribution in [-0.4, -0.2) is 0 Å². The van der Waals surface area contributed by atoms with Crippen molar-refractivity contribution in [3.63, 3.8) is 0 Å². The van der Waals surface area contributed by atoms with Crippen LogP contribution in [0.3, 0.4) is 0 Å². The van der Waals surface area contributed by atoms with E-state index in [1.54, 1.807) is 0 Å². The fourth-order valence-corrected chi connectivity index (χ4v) is 7.19. The van der Waals surface area contributed by atoms with E-state index in [9.17, 15) is 0 Å². The van der Waals surface area contributed by atoms with Crippen LogP contribution >= 0.6 is 47.0 Å². The molecule has 10 radical (unpaired) electrons. The predicted octanol–water partition coefficient (Wildman–Crippen LogP) is 7.93. The van der Waals surface area contributed by atoms with Gasteiger partial charge in [0.1, 0.15) is 0 Å². The van der Waals surface area contributed by atoms with E-state index in [2.05, 4.69) is 91.2 Å². The summed E-state index contributed by atoms with van der Waals surface area (Å²) in [4.78, 5) is 5.73. The predicted molar refractivity (Wildman–Crippen MR) is 124 cm³/mol. The summed E-state index contributed by atoms with van der Waals surface area (Å²) in [6, 6.07) is 0. The van der Waals surface area contributed by atoms with Gasteiger partial charge in [-0.15, -0.1) is 0 Å². The summed E-state index contributed by atoms with van der Waals surface area (Å²) < 4.78 is 2.78. The molecule has 0 nitrogen and oxygen atoms in total. The molecule has 0 N–H and O–H groups in total. The largest absolute Gasteiger partial charge is 2.00 e. The zero-order valence-corrected chi connectivity index (χ0v) is 20.1. The van der Waals surface area contributed by atoms with Gasteiger partial charge in [0.05, 0.1) is 0 Å². The minimum absolute atomic E-state index is 0. The van der Waals surface area contributed by atoms with E-state index in [-0.39, 0.29) is 17.1 Å². The Kier molecular flexibility index (Phi) is 10.7. The average molecular weight is 471 g/mol. The van der Waals surface area contributed by atoms with E-state index in [1.165, 1.54) is 39.9 Å². The molecule has 2 aliphatic heterocycles. The van der Waals surface area contributed by atoms with Crippen molar-refractivity contribution in [2.24, 2.45) is 0 Å². The molecule has 5 heteroatoms. The maximum absolute atomic E-state index is 2.25. The SMILES string of the molecule is CC1=C(C)SC(=C[C]2[CH][CH][CH][CH]2)S1.CC1=C(C)SC(=C[C]2[CH][CH][CH][CH]2)S1.[Fe+2]. The molecule has 2 aliphatic carbocycles. The number of allylic oxidation sites excluding steroid dienone is 6. The van der Waals surface area contributed by atoms with Crippen LogP contribution in [0.1, 0.15) is 27.7 Å². The van der Waals surface area contributed by atoms with Gasteiger partial charge in [0.15, 0.2) is 0 Å². The number of rotatable bonds is 2. The molecule has 4 rings (SSSR count). The van der Waals surface area contributed by atoms with Gasteiger partial charge in [-0.3, -0.25) is 0 Å². The molecule has 2 saturated carbocycles. The third kappa shape index (κ3) is 7.57. The van der Waals surface area contributed by atoms with Crippen molar-refractivity contribution in [2.75, 3.05) is 0 Å². The van der Waals surface area contributed by atoms with E-state index in [4.69, 9.17) is 0 Å². The fraction of sp³-hybridized carbons (Fsp3) is 0.182. The molecule has 27 heavy (non-hydrogen) atoms. The Morgan fingerprint density at radius 2 is 0.778 bits per heavy atom. The molecule has 0 unspecified atom stereocenters. The normalized spacial score (nSPS) is 23.7. The fourth-order valence-electron chi connectivity index (χ4n) is 2.29. The van der Waals surface area contributed by atoms with Crippen LogP contribution in [0.4, 0.5) is 0 Å². The molecule has 0 aromatic carbocycles. The Balaban J connectivity index is 0.000000187. The van der Waals surface area contributed by atoms with Crippen LogP contribution in [0.25, 0.3) is 0 Å². The van der Waals surface area contributed by atoms with Crippen LogP contribution in [-0.2, 0) is 17.1 Å². The van der Waals surface area contributed by atoms with Gasteiger partial charge in [-0.1, -0.05) is 59.2 Å². The Bertz CT molecular complexity index is 545. The Labute approximate surface area is 194 Å². The van der Waals surface area contributed by atoms with Gasteiger partial charge in [-0.25, -0.2) is 0 Å². The van der Waals surface area contributed by atoms with Gasteiger partial charge in [0.2, 0.25) is 0 Å². The molecule has 4 aliphatic rings. The summed E-state index contributed by atoms with van der Waals surface area (Å²) in [5.41, 5.74) is 0. The average Bonchev–Trinajstić information content (AvgIpc) is 3.36. The molecule has 0 spiro atoms. The molecule has 0 aromatic rings. The second kappa shape index (κ2) is 11.9. The summed E-state index contributed by atoms with van der Waals surface area (Å²) in [5.74, 6) is 2.61. The van der Waals surface area contributed by atoms with Crippen molar-refractivity contribution in [1.82, 2.24) is 0 Å². The second-order valence-corrected chi connectivity index (χ2v) is 11.5. The van der Waals surface area contributed by atoms with Gasteiger partial charge in [-0.2, -0.15) is 0 Å². The van der Waals surface area contributed by atoms with Gasteiger partial charge < -0.3 is 0 Å². The monoisotopic (exact) mass is 470 g/mol. The number of hydrogen-bond donors (Lipinski definition) is 0.